The molecule has 0 amide bonds. The monoisotopic (exact) mass is 414 g/mol. The average Bonchev–Trinajstić information content (AvgIpc) is 3.28. The molecule has 2 unspecified atom stereocenters. The summed E-state index contributed by atoms with van der Waals surface area (Å²) in [7, 11) is 0. The van der Waals surface area contributed by atoms with Crippen molar-refractivity contribution in [3.63, 3.8) is 0 Å². The predicted octanol–water partition coefficient (Wildman–Crippen LogP) is 5.72. The highest BCUT2D eigenvalue weighted by molar-refractivity contribution is 7.11. The van der Waals surface area contributed by atoms with E-state index in [1.54, 1.807) is 0 Å². The molecule has 146 valence electrons. The van der Waals surface area contributed by atoms with Gasteiger partial charge in [-0.05, 0) is 42.9 Å². The molecule has 1 aliphatic rings. The minimum absolute atomic E-state index is 0.0392. The van der Waals surface area contributed by atoms with Crippen LogP contribution in [0, 0.1) is 6.92 Å². The van der Waals surface area contributed by atoms with E-state index in [1.807, 2.05) is 32.0 Å². The van der Waals surface area contributed by atoms with Crippen LogP contribution in [0.3, 0.4) is 0 Å². The SMILES string of the molecule is Cc1nsc(NCCc2ccc(C3(C)OCC(c4ccccc4)O3)cc2)c1Cl. The first-order valence-electron chi connectivity index (χ1n) is 9.37. The summed E-state index contributed by atoms with van der Waals surface area (Å²) in [6.45, 7) is 5.27. The summed E-state index contributed by atoms with van der Waals surface area (Å²) in [6.07, 6.45) is 0.862. The first-order chi connectivity index (χ1) is 13.5. The van der Waals surface area contributed by atoms with Gasteiger partial charge in [0.05, 0.1) is 17.3 Å². The van der Waals surface area contributed by atoms with Gasteiger partial charge in [-0.25, -0.2) is 0 Å². The van der Waals surface area contributed by atoms with E-state index in [0.717, 1.165) is 39.8 Å². The standard InChI is InChI=1S/C22H23ClN2O2S/c1-15-20(23)21(28-25-15)24-13-12-16-8-10-18(11-9-16)22(2)26-14-19(27-22)17-6-4-3-5-7-17/h3-11,19,24H,12-14H2,1-2H3. The number of nitrogens with one attached hydrogen (secondary N) is 1. The number of hydrogen-bond donors (Lipinski definition) is 1. The van der Waals surface area contributed by atoms with Crippen molar-refractivity contribution in [2.75, 3.05) is 18.5 Å². The largest absolute Gasteiger partial charge is 0.374 e. The van der Waals surface area contributed by atoms with Crippen LogP contribution < -0.4 is 5.32 Å². The Labute approximate surface area is 174 Å². The molecule has 28 heavy (non-hydrogen) atoms. The summed E-state index contributed by atoms with van der Waals surface area (Å²) in [5, 5.41) is 5.01. The molecule has 1 fully saturated rings. The summed E-state index contributed by atoms with van der Waals surface area (Å²) >= 11 is 7.62. The van der Waals surface area contributed by atoms with Gasteiger partial charge in [0, 0.05) is 12.1 Å². The van der Waals surface area contributed by atoms with Crippen molar-refractivity contribution >= 4 is 28.1 Å². The van der Waals surface area contributed by atoms with Crippen molar-refractivity contribution in [1.82, 2.24) is 4.37 Å². The van der Waals surface area contributed by atoms with Gasteiger partial charge in [-0.3, -0.25) is 0 Å². The summed E-state index contributed by atoms with van der Waals surface area (Å²) in [5.74, 6) is -0.717. The first kappa shape index (κ1) is 19.4. The van der Waals surface area contributed by atoms with Gasteiger partial charge in [-0.2, -0.15) is 4.37 Å². The minimum atomic E-state index is -0.717. The van der Waals surface area contributed by atoms with Gasteiger partial charge in [-0.15, -0.1) is 0 Å². The third-order valence-electron chi connectivity index (χ3n) is 5.02. The topological polar surface area (TPSA) is 43.4 Å². The van der Waals surface area contributed by atoms with Gasteiger partial charge in [0.2, 0.25) is 0 Å². The average molecular weight is 415 g/mol. The van der Waals surface area contributed by atoms with Gasteiger partial charge < -0.3 is 14.8 Å². The molecular formula is C22H23ClN2O2S. The fraction of sp³-hybridized carbons (Fsp3) is 0.318. The lowest BCUT2D eigenvalue weighted by Gasteiger charge is -2.24. The maximum Gasteiger partial charge on any atom is 0.192 e. The maximum atomic E-state index is 6.26. The molecule has 1 saturated heterocycles. The number of hydrogen-bond acceptors (Lipinski definition) is 5. The van der Waals surface area contributed by atoms with Crippen LogP contribution in [0.15, 0.2) is 54.6 Å². The number of halogens is 1. The Kier molecular flexibility index (Phi) is 5.69. The molecule has 3 aromatic rings. The molecule has 1 aliphatic heterocycles. The molecule has 2 heterocycles. The smallest absolute Gasteiger partial charge is 0.192 e. The van der Waals surface area contributed by atoms with E-state index in [9.17, 15) is 0 Å². The number of rotatable bonds is 6. The summed E-state index contributed by atoms with van der Waals surface area (Å²) < 4.78 is 16.5. The third-order valence-corrected chi connectivity index (χ3v) is 6.49. The van der Waals surface area contributed by atoms with E-state index in [2.05, 4.69) is 46.1 Å². The Morgan fingerprint density at radius 2 is 1.93 bits per heavy atom. The molecule has 0 spiro atoms. The summed E-state index contributed by atoms with van der Waals surface area (Å²) in [5.41, 5.74) is 4.29. The lowest BCUT2D eigenvalue weighted by Crippen LogP contribution is -2.22. The molecule has 0 bridgehead atoms. The van der Waals surface area contributed by atoms with E-state index in [4.69, 9.17) is 21.1 Å². The molecule has 1 aromatic heterocycles. The van der Waals surface area contributed by atoms with Crippen LogP contribution in [0.2, 0.25) is 5.02 Å². The van der Waals surface area contributed by atoms with Crippen molar-refractivity contribution in [2.45, 2.75) is 32.2 Å². The predicted molar refractivity (Wildman–Crippen MR) is 114 cm³/mol. The van der Waals surface area contributed by atoms with Crippen molar-refractivity contribution in [3.05, 3.63) is 82.0 Å². The van der Waals surface area contributed by atoms with Crippen LogP contribution in [0.25, 0.3) is 0 Å². The van der Waals surface area contributed by atoms with E-state index >= 15 is 0 Å². The van der Waals surface area contributed by atoms with Gasteiger partial charge >= 0.3 is 0 Å². The zero-order valence-corrected chi connectivity index (χ0v) is 17.5. The number of aryl methyl sites for hydroxylation is 1. The van der Waals surface area contributed by atoms with Crippen molar-refractivity contribution in [1.29, 1.82) is 0 Å². The van der Waals surface area contributed by atoms with Gasteiger partial charge in [0.15, 0.2) is 5.79 Å². The van der Waals surface area contributed by atoms with Gasteiger partial charge in [0.25, 0.3) is 0 Å². The zero-order valence-electron chi connectivity index (χ0n) is 15.9. The fourth-order valence-electron chi connectivity index (χ4n) is 3.32. The number of aromatic nitrogens is 1. The quantitative estimate of drug-likeness (QED) is 0.560. The van der Waals surface area contributed by atoms with Crippen LogP contribution in [0.1, 0.15) is 35.4 Å². The number of benzene rings is 2. The molecule has 6 heteroatoms. The molecular weight excluding hydrogens is 392 g/mol. The molecule has 0 radical (unpaired) electrons. The summed E-state index contributed by atoms with van der Waals surface area (Å²) in [4.78, 5) is 0. The van der Waals surface area contributed by atoms with E-state index < -0.39 is 5.79 Å². The molecule has 4 rings (SSSR count). The Morgan fingerprint density at radius 1 is 1.18 bits per heavy atom. The van der Waals surface area contributed by atoms with E-state index in [-0.39, 0.29) is 6.10 Å². The van der Waals surface area contributed by atoms with Crippen LogP contribution in [-0.2, 0) is 21.7 Å². The van der Waals surface area contributed by atoms with Crippen LogP contribution in [-0.4, -0.2) is 17.5 Å². The molecule has 4 nitrogen and oxygen atoms in total. The lowest BCUT2D eigenvalue weighted by atomic mass is 10.0. The van der Waals surface area contributed by atoms with Gasteiger partial charge in [-0.1, -0.05) is 66.2 Å². The molecule has 2 atom stereocenters. The fourth-order valence-corrected chi connectivity index (χ4v) is 4.30. The van der Waals surface area contributed by atoms with Gasteiger partial charge in [0.1, 0.15) is 11.1 Å². The second-order valence-corrected chi connectivity index (χ2v) is 8.21. The molecule has 0 aliphatic carbocycles. The Bertz CT molecular complexity index is 929. The minimum Gasteiger partial charge on any atom is -0.374 e. The molecule has 1 N–H and O–H groups in total. The highest BCUT2D eigenvalue weighted by Crippen LogP contribution is 2.40. The van der Waals surface area contributed by atoms with Crippen LogP contribution in [0.4, 0.5) is 5.00 Å². The molecule has 2 aromatic carbocycles. The molecule has 0 saturated carbocycles. The van der Waals surface area contributed by atoms with Crippen molar-refractivity contribution in [3.8, 4) is 0 Å². The third kappa shape index (κ3) is 4.08. The summed E-state index contributed by atoms with van der Waals surface area (Å²) in [6, 6.07) is 18.7. The van der Waals surface area contributed by atoms with E-state index in [0.29, 0.717) is 6.61 Å². The van der Waals surface area contributed by atoms with Crippen LogP contribution in [0.5, 0.6) is 0 Å². The normalized spacial score (nSPS) is 21.8. The second kappa shape index (κ2) is 8.21. The number of nitrogens with zero attached hydrogens (tertiary/aromatic N) is 1. The van der Waals surface area contributed by atoms with Crippen molar-refractivity contribution < 1.29 is 9.47 Å². The zero-order chi connectivity index (χ0) is 19.6. The number of ether oxygens (including phenoxy) is 2. The first-order valence-corrected chi connectivity index (χ1v) is 10.5. The Hall–Kier alpha value is -1.92. The lowest BCUT2D eigenvalue weighted by molar-refractivity contribution is -0.162. The van der Waals surface area contributed by atoms with Crippen LogP contribution >= 0.6 is 23.1 Å². The van der Waals surface area contributed by atoms with Crippen molar-refractivity contribution in [2.24, 2.45) is 0 Å². The maximum absolute atomic E-state index is 6.26. The Morgan fingerprint density at radius 3 is 2.61 bits per heavy atom. The second-order valence-electron chi connectivity index (χ2n) is 7.06. The Balaban J connectivity index is 1.36. The van der Waals surface area contributed by atoms with E-state index in [1.165, 1.54) is 17.1 Å². The highest BCUT2D eigenvalue weighted by atomic mass is 35.5. The highest BCUT2D eigenvalue weighted by Gasteiger charge is 2.39. The number of anilines is 1.